The fourth-order valence-electron chi connectivity index (χ4n) is 4.68. The van der Waals surface area contributed by atoms with Crippen LogP contribution in [0.5, 0.6) is 0 Å². The second kappa shape index (κ2) is 5.89. The number of benzene rings is 1. The second-order valence-corrected chi connectivity index (χ2v) is 7.28. The van der Waals surface area contributed by atoms with E-state index in [0.717, 1.165) is 11.8 Å². The molecule has 0 spiro atoms. The van der Waals surface area contributed by atoms with E-state index in [9.17, 15) is 0 Å². The lowest BCUT2D eigenvalue weighted by atomic mass is 9.69. The van der Waals surface area contributed by atoms with E-state index in [4.69, 9.17) is 0 Å². The lowest BCUT2D eigenvalue weighted by Gasteiger charge is -2.38. The number of hydrogen-bond donors (Lipinski definition) is 1. The van der Waals surface area contributed by atoms with Crippen molar-refractivity contribution in [3.05, 3.63) is 35.4 Å². The van der Waals surface area contributed by atoms with Gasteiger partial charge in [-0.2, -0.15) is 0 Å². The van der Waals surface area contributed by atoms with Crippen molar-refractivity contribution in [2.24, 2.45) is 17.3 Å². The Morgan fingerprint density at radius 3 is 2.60 bits per heavy atom. The molecule has 110 valence electrons. The van der Waals surface area contributed by atoms with Crippen LogP contribution in [0.25, 0.3) is 0 Å². The van der Waals surface area contributed by atoms with Crippen LogP contribution < -0.4 is 5.32 Å². The molecule has 0 saturated heterocycles. The van der Waals surface area contributed by atoms with Crippen LogP contribution in [0.4, 0.5) is 0 Å². The highest BCUT2D eigenvalue weighted by Gasteiger charge is 2.50. The van der Waals surface area contributed by atoms with Crippen LogP contribution in [0.1, 0.15) is 50.2 Å². The third kappa shape index (κ3) is 2.79. The molecule has 0 heterocycles. The molecule has 3 unspecified atom stereocenters. The minimum absolute atomic E-state index is 0.549. The van der Waals surface area contributed by atoms with Gasteiger partial charge in [0, 0.05) is 6.54 Å². The summed E-state index contributed by atoms with van der Waals surface area (Å²) in [5.41, 5.74) is 3.47. The highest BCUT2D eigenvalue weighted by Crippen LogP contribution is 2.57. The highest BCUT2D eigenvalue weighted by atomic mass is 14.9. The molecule has 2 aliphatic carbocycles. The van der Waals surface area contributed by atoms with Gasteiger partial charge >= 0.3 is 0 Å². The molecule has 1 nitrogen and oxygen atoms in total. The molecule has 2 saturated carbocycles. The summed E-state index contributed by atoms with van der Waals surface area (Å²) < 4.78 is 0. The molecule has 1 heteroatoms. The first-order valence-corrected chi connectivity index (χ1v) is 8.48. The van der Waals surface area contributed by atoms with Gasteiger partial charge in [-0.3, -0.25) is 0 Å². The summed E-state index contributed by atoms with van der Waals surface area (Å²) in [6, 6.07) is 9.25. The first-order chi connectivity index (χ1) is 9.72. The van der Waals surface area contributed by atoms with E-state index in [1.807, 2.05) is 0 Å². The van der Waals surface area contributed by atoms with Gasteiger partial charge in [0.2, 0.25) is 0 Å². The minimum atomic E-state index is 0.549. The van der Waals surface area contributed by atoms with Gasteiger partial charge in [0.1, 0.15) is 0 Å². The molecule has 0 aliphatic heterocycles. The number of fused-ring (bicyclic) bond motifs is 2. The van der Waals surface area contributed by atoms with E-state index in [-0.39, 0.29) is 0 Å². The molecular weight excluding hydrogens is 242 g/mol. The fraction of sp³-hybridized carbons (Fsp3) is 0.684. The van der Waals surface area contributed by atoms with E-state index >= 15 is 0 Å². The van der Waals surface area contributed by atoms with Crippen LogP contribution in [0.2, 0.25) is 0 Å². The van der Waals surface area contributed by atoms with Crippen molar-refractivity contribution in [1.29, 1.82) is 0 Å². The molecule has 2 fully saturated rings. The quantitative estimate of drug-likeness (QED) is 0.759. The molecule has 1 N–H and O–H groups in total. The Morgan fingerprint density at radius 2 is 2.00 bits per heavy atom. The van der Waals surface area contributed by atoms with Gasteiger partial charge in [0.25, 0.3) is 0 Å². The zero-order valence-corrected chi connectivity index (χ0v) is 13.1. The van der Waals surface area contributed by atoms with E-state index < -0.39 is 0 Å². The molecule has 20 heavy (non-hydrogen) atoms. The summed E-state index contributed by atoms with van der Waals surface area (Å²) in [5.74, 6) is 1.99. The third-order valence-electron chi connectivity index (χ3n) is 5.68. The van der Waals surface area contributed by atoms with Gasteiger partial charge in [0.15, 0.2) is 0 Å². The smallest absolute Gasteiger partial charge is 0.00138 e. The van der Waals surface area contributed by atoms with Gasteiger partial charge in [-0.05, 0) is 68.4 Å². The average Bonchev–Trinajstić information content (AvgIpc) is 3.03. The predicted molar refractivity (Wildman–Crippen MR) is 85.9 cm³/mol. The zero-order valence-electron chi connectivity index (χ0n) is 13.1. The van der Waals surface area contributed by atoms with Crippen molar-refractivity contribution >= 4 is 0 Å². The summed E-state index contributed by atoms with van der Waals surface area (Å²) in [4.78, 5) is 0. The van der Waals surface area contributed by atoms with Crippen LogP contribution in [0.3, 0.4) is 0 Å². The van der Waals surface area contributed by atoms with Crippen LogP contribution in [0.15, 0.2) is 24.3 Å². The van der Waals surface area contributed by atoms with Crippen molar-refractivity contribution in [2.45, 2.75) is 52.4 Å². The summed E-state index contributed by atoms with van der Waals surface area (Å²) in [7, 11) is 0. The molecule has 2 bridgehead atoms. The number of aryl methyl sites for hydroxylation is 1. The maximum Gasteiger partial charge on any atom is 0.00138 e. The Labute approximate surface area is 124 Å². The van der Waals surface area contributed by atoms with E-state index in [1.165, 1.54) is 57.2 Å². The first-order valence-electron chi connectivity index (χ1n) is 8.48. The number of nitrogens with one attached hydrogen (secondary N) is 1. The van der Waals surface area contributed by atoms with Crippen molar-refractivity contribution in [3.63, 3.8) is 0 Å². The third-order valence-corrected chi connectivity index (χ3v) is 5.68. The van der Waals surface area contributed by atoms with Gasteiger partial charge in [0.05, 0.1) is 0 Å². The van der Waals surface area contributed by atoms with E-state index in [0.29, 0.717) is 5.41 Å². The van der Waals surface area contributed by atoms with Crippen LogP contribution in [0, 0.1) is 24.2 Å². The summed E-state index contributed by atoms with van der Waals surface area (Å²) >= 11 is 0. The lowest BCUT2D eigenvalue weighted by Crippen LogP contribution is -2.40. The van der Waals surface area contributed by atoms with Crippen molar-refractivity contribution < 1.29 is 0 Å². The van der Waals surface area contributed by atoms with Crippen molar-refractivity contribution in [1.82, 2.24) is 5.32 Å². The second-order valence-electron chi connectivity index (χ2n) is 7.28. The Kier molecular flexibility index (Phi) is 4.16. The molecule has 0 amide bonds. The van der Waals surface area contributed by atoms with Gasteiger partial charge < -0.3 is 5.32 Å². The lowest BCUT2D eigenvalue weighted by molar-refractivity contribution is 0.156. The summed E-state index contributed by atoms with van der Waals surface area (Å²) in [5, 5.41) is 3.73. The SMILES string of the molecule is CCCNCC1(Cc2ccc(C)cc2)CC2CCC1C2. The molecule has 2 aliphatic rings. The van der Waals surface area contributed by atoms with E-state index in [2.05, 4.69) is 43.4 Å². The molecule has 1 aromatic rings. The molecular formula is C19H29N. The van der Waals surface area contributed by atoms with Crippen LogP contribution in [-0.2, 0) is 6.42 Å². The predicted octanol–water partition coefficient (Wildman–Crippen LogP) is 4.34. The Balaban J connectivity index is 1.74. The minimum Gasteiger partial charge on any atom is -0.316 e. The standard InChI is InChI=1S/C19H29N/c1-3-10-20-14-19(13-17-8-9-18(19)11-17)12-16-6-4-15(2)5-7-16/h4-7,17-18,20H,3,8-14H2,1-2H3. The first kappa shape index (κ1) is 14.1. The Morgan fingerprint density at radius 1 is 1.20 bits per heavy atom. The summed E-state index contributed by atoms with van der Waals surface area (Å²) in [6.07, 6.45) is 8.46. The van der Waals surface area contributed by atoms with Gasteiger partial charge in [-0.1, -0.05) is 43.2 Å². The van der Waals surface area contributed by atoms with Crippen molar-refractivity contribution in [2.75, 3.05) is 13.1 Å². The highest BCUT2D eigenvalue weighted by molar-refractivity contribution is 5.23. The molecule has 3 atom stereocenters. The Hall–Kier alpha value is -0.820. The molecule has 0 radical (unpaired) electrons. The molecule has 1 aromatic carbocycles. The zero-order chi connectivity index (χ0) is 14.0. The average molecular weight is 271 g/mol. The molecule has 0 aromatic heterocycles. The monoisotopic (exact) mass is 271 g/mol. The van der Waals surface area contributed by atoms with Crippen molar-refractivity contribution in [3.8, 4) is 0 Å². The maximum atomic E-state index is 3.73. The topological polar surface area (TPSA) is 12.0 Å². The fourth-order valence-corrected chi connectivity index (χ4v) is 4.68. The maximum absolute atomic E-state index is 3.73. The van der Waals surface area contributed by atoms with Crippen LogP contribution >= 0.6 is 0 Å². The molecule has 3 rings (SSSR count). The summed E-state index contributed by atoms with van der Waals surface area (Å²) in [6.45, 7) is 6.85. The Bertz CT molecular complexity index is 436. The van der Waals surface area contributed by atoms with Gasteiger partial charge in [-0.25, -0.2) is 0 Å². The normalized spacial score (nSPS) is 31.9. The largest absolute Gasteiger partial charge is 0.316 e. The van der Waals surface area contributed by atoms with E-state index in [1.54, 1.807) is 5.56 Å². The van der Waals surface area contributed by atoms with Crippen LogP contribution in [-0.4, -0.2) is 13.1 Å². The number of rotatable bonds is 6. The van der Waals surface area contributed by atoms with Gasteiger partial charge in [-0.15, -0.1) is 0 Å². The number of hydrogen-bond acceptors (Lipinski definition) is 1.